The Kier molecular flexibility index (Phi) is 10.3. The summed E-state index contributed by atoms with van der Waals surface area (Å²) in [4.78, 5) is 50.0. The number of benzene rings is 5. The van der Waals surface area contributed by atoms with E-state index in [0.717, 1.165) is 27.5 Å². The van der Waals surface area contributed by atoms with E-state index in [9.17, 15) is 19.4 Å². The second-order valence-corrected chi connectivity index (χ2v) is 12.8. The van der Waals surface area contributed by atoms with Gasteiger partial charge in [0.25, 0.3) is 0 Å². The summed E-state index contributed by atoms with van der Waals surface area (Å²) in [7, 11) is -2.41. The first-order valence-electron chi connectivity index (χ1n) is 14.5. The van der Waals surface area contributed by atoms with Crippen molar-refractivity contribution in [2.24, 2.45) is 0 Å². The van der Waals surface area contributed by atoms with Crippen LogP contribution in [0.2, 0.25) is 0 Å². The van der Waals surface area contributed by atoms with Gasteiger partial charge in [-0.15, -0.1) is 0 Å². The van der Waals surface area contributed by atoms with E-state index in [1.165, 1.54) is 0 Å². The molecule has 0 heterocycles. The van der Waals surface area contributed by atoms with Crippen LogP contribution in [0.3, 0.4) is 0 Å². The van der Waals surface area contributed by atoms with Crippen LogP contribution in [0.1, 0.15) is 16.7 Å². The molecule has 0 radical (unpaired) electrons. The maximum absolute atomic E-state index is 14.0. The summed E-state index contributed by atoms with van der Waals surface area (Å²) in [5, 5.41) is 7.83. The van der Waals surface area contributed by atoms with Crippen molar-refractivity contribution in [3.63, 3.8) is 0 Å². The van der Waals surface area contributed by atoms with E-state index in [2.05, 4.69) is 10.6 Å². The first-order valence-corrected chi connectivity index (χ1v) is 16.2. The Morgan fingerprint density at radius 1 is 0.733 bits per heavy atom. The number of methoxy groups -OCH3 is 1. The lowest BCUT2D eigenvalue weighted by Gasteiger charge is -2.24. The molecule has 0 saturated carbocycles. The monoisotopic (exact) mass is 622 g/mol. The average molecular weight is 623 g/mol. The predicted octanol–water partition coefficient (Wildman–Crippen LogP) is 5.33. The van der Waals surface area contributed by atoms with Gasteiger partial charge < -0.3 is 29.9 Å². The molecular weight excluding hydrogens is 587 g/mol. The highest BCUT2D eigenvalue weighted by atomic mass is 31.2. The maximum Gasteiger partial charge on any atom is 0.408 e. The average Bonchev–Trinajstić information content (AvgIpc) is 3.08. The largest absolute Gasteiger partial charge is 0.497 e. The van der Waals surface area contributed by atoms with Crippen molar-refractivity contribution in [1.29, 1.82) is 0 Å². The second-order valence-electron chi connectivity index (χ2n) is 10.5. The molecule has 0 saturated heterocycles. The molecule has 0 bridgehead atoms. The summed E-state index contributed by atoms with van der Waals surface area (Å²) in [5.41, 5.74) is 2.38. The fraction of sp³-hybridized carbons (Fsp3) is 0.139. The number of amides is 2. The fourth-order valence-electron chi connectivity index (χ4n) is 4.91. The molecule has 5 rings (SSSR count). The molecule has 4 N–H and O–H groups in total. The van der Waals surface area contributed by atoms with Crippen molar-refractivity contribution >= 4 is 40.8 Å². The zero-order valence-corrected chi connectivity index (χ0v) is 25.7. The summed E-state index contributed by atoms with van der Waals surface area (Å²) in [6, 6.07) is 37.4. The highest BCUT2D eigenvalue weighted by molar-refractivity contribution is 7.72. The van der Waals surface area contributed by atoms with Crippen molar-refractivity contribution in [3.8, 4) is 5.75 Å². The number of carbonyl (C=O) groups is 2. The number of alkyl carbamates (subject to hydrolysis) is 1. The zero-order valence-electron chi connectivity index (χ0n) is 24.8. The van der Waals surface area contributed by atoms with E-state index in [4.69, 9.17) is 9.47 Å². The van der Waals surface area contributed by atoms with Gasteiger partial charge in [0, 0.05) is 18.1 Å². The molecule has 0 aliphatic heterocycles. The van der Waals surface area contributed by atoms with E-state index in [1.807, 2.05) is 72.8 Å². The zero-order chi connectivity index (χ0) is 31.6. The Balaban J connectivity index is 1.45. The van der Waals surface area contributed by atoms with E-state index in [-0.39, 0.29) is 30.2 Å². The van der Waals surface area contributed by atoms with Gasteiger partial charge in [-0.25, -0.2) is 4.79 Å². The number of rotatable bonds is 11. The van der Waals surface area contributed by atoms with Crippen molar-refractivity contribution in [2.45, 2.75) is 25.5 Å². The third kappa shape index (κ3) is 8.40. The number of nitrogens with one attached hydrogen (secondary N) is 2. The molecule has 0 spiro atoms. The van der Waals surface area contributed by atoms with Gasteiger partial charge in [0.2, 0.25) is 5.91 Å². The van der Waals surface area contributed by atoms with Crippen LogP contribution in [-0.4, -0.2) is 40.4 Å². The van der Waals surface area contributed by atoms with Crippen molar-refractivity contribution in [1.82, 2.24) is 10.6 Å². The van der Waals surface area contributed by atoms with Crippen molar-refractivity contribution < 1.29 is 28.8 Å². The molecule has 1 atom stereocenters. The minimum absolute atomic E-state index is 0.0295. The van der Waals surface area contributed by atoms with E-state index in [0.29, 0.717) is 5.75 Å². The lowest BCUT2D eigenvalue weighted by atomic mass is 10.0. The molecule has 8 nitrogen and oxygen atoms in total. The summed E-state index contributed by atoms with van der Waals surface area (Å²) in [6.07, 6.45) is -0.582. The molecule has 2 amide bonds. The van der Waals surface area contributed by atoms with Gasteiger partial charge in [-0.05, 0) is 39.6 Å². The van der Waals surface area contributed by atoms with Gasteiger partial charge in [0.1, 0.15) is 18.4 Å². The first kappa shape index (κ1) is 31.5. The van der Waals surface area contributed by atoms with Crippen molar-refractivity contribution in [3.05, 3.63) is 144 Å². The lowest BCUT2D eigenvalue weighted by molar-refractivity contribution is -0.121. The minimum Gasteiger partial charge on any atom is -0.497 e. The quantitative estimate of drug-likeness (QED) is 0.148. The van der Waals surface area contributed by atoms with Crippen molar-refractivity contribution in [2.75, 3.05) is 7.11 Å². The van der Waals surface area contributed by atoms with Gasteiger partial charge in [-0.3, -0.25) is 4.79 Å². The molecule has 0 aromatic heterocycles. The second kappa shape index (κ2) is 14.7. The van der Waals surface area contributed by atoms with Crippen LogP contribution in [0.15, 0.2) is 127 Å². The third-order valence-corrected chi connectivity index (χ3v) is 9.41. The molecule has 5 aromatic rings. The third-order valence-electron chi connectivity index (χ3n) is 7.37. The molecule has 0 aliphatic carbocycles. The number of hydrogen-bond acceptors (Lipinski definition) is 6. The SMILES string of the molecule is COc1ccc(CC(NC(=O)[C@@H](Cc2ccc3ccccc3c2)NC(=O)OCc2ccccc2)=P(O)(O)c2ccccc2)cc1. The fourth-order valence-corrected chi connectivity index (χ4v) is 6.48. The minimum atomic E-state index is -3.98. The Morgan fingerprint density at radius 3 is 2.04 bits per heavy atom. The summed E-state index contributed by atoms with van der Waals surface area (Å²) in [5.74, 6) is 0.0434. The van der Waals surface area contributed by atoms with Crippen LogP contribution in [0, 0.1) is 0 Å². The number of fused-ring (bicyclic) bond motifs is 1. The van der Waals surface area contributed by atoms with Crippen LogP contribution in [0.4, 0.5) is 4.79 Å². The Morgan fingerprint density at radius 2 is 1.36 bits per heavy atom. The normalized spacial score (nSPS) is 11.8. The van der Waals surface area contributed by atoms with Gasteiger partial charge in [0.05, 0.1) is 12.5 Å². The summed E-state index contributed by atoms with van der Waals surface area (Å²) in [6.45, 7) is 0.0295. The molecule has 5 aromatic carbocycles. The van der Waals surface area contributed by atoms with E-state index >= 15 is 0 Å². The van der Waals surface area contributed by atoms with Gasteiger partial charge in [-0.2, -0.15) is 0 Å². The van der Waals surface area contributed by atoms with E-state index < -0.39 is 25.4 Å². The molecule has 230 valence electrons. The highest BCUT2D eigenvalue weighted by Gasteiger charge is 2.28. The number of carbonyl (C=O) groups excluding carboxylic acids is 2. The molecule has 45 heavy (non-hydrogen) atoms. The predicted molar refractivity (Wildman–Crippen MR) is 178 cm³/mol. The lowest BCUT2D eigenvalue weighted by Crippen LogP contribution is -2.50. The smallest absolute Gasteiger partial charge is 0.408 e. The van der Waals surface area contributed by atoms with Gasteiger partial charge >= 0.3 is 6.09 Å². The Labute approximate surface area is 262 Å². The number of hydrogen-bond donors (Lipinski definition) is 4. The van der Waals surface area contributed by atoms with E-state index in [1.54, 1.807) is 61.7 Å². The number of ether oxygens (including phenoxy) is 2. The standard InChI is InChI=1S/C36H35N2O6P/c1-43-31-20-17-26(18-21-31)24-34(45(41,42)32-14-6-3-7-15-32)38-35(39)33(37-36(40)44-25-27-10-4-2-5-11-27)23-28-16-19-29-12-8-9-13-30(29)22-28/h2-22,33,41-42H,23-25H2,1H3,(H,37,40)(H,38,39)/t33-/m1/s1. The molecule has 0 fully saturated rings. The van der Waals surface area contributed by atoms with Gasteiger partial charge in [-0.1, -0.05) is 115 Å². The Bertz CT molecular complexity index is 1800. The molecular formula is C36H35N2O6P. The first-order chi connectivity index (χ1) is 21.8. The van der Waals surface area contributed by atoms with Crippen LogP contribution in [0.5, 0.6) is 5.75 Å². The highest BCUT2D eigenvalue weighted by Crippen LogP contribution is 2.38. The van der Waals surface area contributed by atoms with Gasteiger partial charge in [0.15, 0.2) is 7.34 Å². The molecule has 0 unspecified atom stereocenters. The van der Waals surface area contributed by atoms with Crippen LogP contribution in [0.25, 0.3) is 10.8 Å². The molecule has 9 heteroatoms. The summed E-state index contributed by atoms with van der Waals surface area (Å²) >= 11 is 0. The van der Waals surface area contributed by atoms with Crippen LogP contribution >= 0.6 is 7.34 Å². The Hall–Kier alpha value is -4.88. The maximum atomic E-state index is 14.0. The van der Waals surface area contributed by atoms with Crippen LogP contribution < -0.4 is 20.7 Å². The molecule has 0 aliphatic rings. The van der Waals surface area contributed by atoms with Crippen LogP contribution in [-0.2, 0) is 29.0 Å². The summed E-state index contributed by atoms with van der Waals surface area (Å²) < 4.78 is 10.7. The topological polar surface area (TPSA) is 117 Å².